The summed E-state index contributed by atoms with van der Waals surface area (Å²) in [5.41, 5.74) is 2.03. The van der Waals surface area contributed by atoms with Gasteiger partial charge in [-0.05, 0) is 13.0 Å². The van der Waals surface area contributed by atoms with Crippen LogP contribution in [0, 0.1) is 6.92 Å². The average Bonchev–Trinajstić information content (AvgIpc) is 2.92. The quantitative estimate of drug-likeness (QED) is 0.694. The van der Waals surface area contributed by atoms with Crippen molar-refractivity contribution in [3.05, 3.63) is 46.0 Å². The third kappa shape index (κ3) is 2.08. The molecule has 2 heterocycles. The van der Waals surface area contributed by atoms with Crippen molar-refractivity contribution in [2.24, 2.45) is 0 Å². The topological polar surface area (TPSA) is 68.3 Å². The van der Waals surface area contributed by atoms with E-state index in [1.165, 1.54) is 18.3 Å². The lowest BCUT2D eigenvalue weighted by Crippen LogP contribution is -2.09. The molecular formula is C14H12N2O3S. The molecule has 1 unspecified atom stereocenters. The lowest BCUT2D eigenvalue weighted by Gasteiger charge is -2.11. The number of carbonyl (C=O) groups is 2. The first-order valence-electron chi connectivity index (χ1n) is 6.11. The second kappa shape index (κ2) is 4.72. The number of ketones is 1. The van der Waals surface area contributed by atoms with Crippen LogP contribution >= 0.6 is 11.3 Å². The van der Waals surface area contributed by atoms with Gasteiger partial charge in [0, 0.05) is 12.5 Å². The van der Waals surface area contributed by atoms with Gasteiger partial charge in [0.15, 0.2) is 10.9 Å². The van der Waals surface area contributed by atoms with Crippen LogP contribution in [0.4, 0.5) is 5.13 Å². The molecule has 0 fully saturated rings. The first-order chi connectivity index (χ1) is 9.56. The molecule has 1 aliphatic heterocycles. The first-order valence-corrected chi connectivity index (χ1v) is 6.92. The fourth-order valence-electron chi connectivity index (χ4n) is 2.15. The maximum Gasteiger partial charge on any atom is 0.340 e. The largest absolute Gasteiger partial charge is 0.434 e. The number of anilines is 1. The highest BCUT2D eigenvalue weighted by Gasteiger charge is 2.31. The standard InChI is InChI=1S/C14H12N2O3S/c1-7-11(8(2)17)20-14(15-7)16-12-9-5-3-4-6-10(9)13(18)19-12/h3-6,12H,1-2H3,(H,15,16). The van der Waals surface area contributed by atoms with Gasteiger partial charge in [-0.1, -0.05) is 29.5 Å². The molecule has 1 aliphatic rings. The summed E-state index contributed by atoms with van der Waals surface area (Å²) in [7, 11) is 0. The van der Waals surface area contributed by atoms with Crippen molar-refractivity contribution in [1.29, 1.82) is 0 Å². The Morgan fingerprint density at radius 1 is 1.40 bits per heavy atom. The number of rotatable bonds is 3. The fraction of sp³-hybridized carbons (Fsp3) is 0.214. The molecule has 0 spiro atoms. The van der Waals surface area contributed by atoms with Crippen molar-refractivity contribution in [1.82, 2.24) is 4.98 Å². The number of nitrogens with one attached hydrogen (secondary N) is 1. The molecule has 0 radical (unpaired) electrons. The summed E-state index contributed by atoms with van der Waals surface area (Å²) in [4.78, 5) is 28.0. The minimum absolute atomic E-state index is 0.0168. The summed E-state index contributed by atoms with van der Waals surface area (Å²) in [5.74, 6) is -0.366. The van der Waals surface area contributed by atoms with Crippen molar-refractivity contribution in [2.45, 2.75) is 20.1 Å². The third-order valence-corrected chi connectivity index (χ3v) is 4.25. The van der Waals surface area contributed by atoms with Crippen molar-refractivity contribution >= 4 is 28.2 Å². The molecule has 1 aromatic heterocycles. The van der Waals surface area contributed by atoms with E-state index >= 15 is 0 Å². The molecular weight excluding hydrogens is 276 g/mol. The van der Waals surface area contributed by atoms with Crippen LogP contribution in [0.2, 0.25) is 0 Å². The zero-order chi connectivity index (χ0) is 14.3. The molecule has 0 aliphatic carbocycles. The van der Waals surface area contributed by atoms with Crippen molar-refractivity contribution in [3.63, 3.8) is 0 Å². The van der Waals surface area contributed by atoms with Crippen LogP contribution in [-0.2, 0) is 4.74 Å². The molecule has 0 amide bonds. The van der Waals surface area contributed by atoms with Crippen molar-refractivity contribution < 1.29 is 14.3 Å². The molecule has 6 heteroatoms. The van der Waals surface area contributed by atoms with E-state index in [9.17, 15) is 9.59 Å². The van der Waals surface area contributed by atoms with Crippen LogP contribution < -0.4 is 5.32 Å². The Morgan fingerprint density at radius 3 is 2.85 bits per heavy atom. The van der Waals surface area contributed by atoms with E-state index in [-0.39, 0.29) is 11.8 Å². The Labute approximate surface area is 119 Å². The fourth-order valence-corrected chi connectivity index (χ4v) is 3.03. The molecule has 5 nitrogen and oxygen atoms in total. The van der Waals surface area contributed by atoms with Gasteiger partial charge in [0.25, 0.3) is 0 Å². The number of ether oxygens (including phenoxy) is 1. The van der Waals surface area contributed by atoms with E-state index in [1.807, 2.05) is 12.1 Å². The Bertz CT molecular complexity index is 708. The van der Waals surface area contributed by atoms with Gasteiger partial charge in [0.1, 0.15) is 0 Å². The molecule has 1 atom stereocenters. The van der Waals surface area contributed by atoms with Gasteiger partial charge in [-0.25, -0.2) is 9.78 Å². The normalized spacial score (nSPS) is 16.7. The van der Waals surface area contributed by atoms with Crippen LogP contribution in [0.3, 0.4) is 0 Å². The molecule has 0 saturated carbocycles. The molecule has 1 N–H and O–H groups in total. The summed E-state index contributed by atoms with van der Waals surface area (Å²) in [6.45, 7) is 3.29. The number of esters is 1. The maximum atomic E-state index is 11.7. The van der Waals surface area contributed by atoms with Crippen LogP contribution in [0.25, 0.3) is 0 Å². The maximum absolute atomic E-state index is 11.7. The number of carbonyl (C=O) groups excluding carboxylic acids is 2. The predicted molar refractivity (Wildman–Crippen MR) is 75.1 cm³/mol. The van der Waals surface area contributed by atoms with E-state index in [0.29, 0.717) is 21.3 Å². The summed E-state index contributed by atoms with van der Waals surface area (Å²) in [5, 5.41) is 3.63. The molecule has 1 aromatic carbocycles. The minimum Gasteiger partial charge on any atom is -0.434 e. The van der Waals surface area contributed by atoms with E-state index in [0.717, 1.165) is 5.56 Å². The van der Waals surface area contributed by atoms with E-state index in [2.05, 4.69) is 10.3 Å². The second-order valence-electron chi connectivity index (χ2n) is 4.51. The summed E-state index contributed by atoms with van der Waals surface area (Å²) >= 11 is 1.27. The van der Waals surface area contributed by atoms with Crippen LogP contribution in [-0.4, -0.2) is 16.7 Å². The van der Waals surface area contributed by atoms with Crippen molar-refractivity contribution in [2.75, 3.05) is 5.32 Å². The molecule has 0 bridgehead atoms. The van der Waals surface area contributed by atoms with Crippen LogP contribution in [0.1, 0.15) is 44.4 Å². The van der Waals surface area contributed by atoms with Gasteiger partial charge in [-0.2, -0.15) is 0 Å². The number of aryl methyl sites for hydroxylation is 1. The molecule has 20 heavy (non-hydrogen) atoms. The van der Waals surface area contributed by atoms with Gasteiger partial charge in [0.05, 0.1) is 16.1 Å². The number of benzene rings is 1. The Balaban J connectivity index is 1.88. The molecule has 102 valence electrons. The van der Waals surface area contributed by atoms with Crippen LogP contribution in [0.5, 0.6) is 0 Å². The van der Waals surface area contributed by atoms with Gasteiger partial charge >= 0.3 is 5.97 Å². The number of hydrogen-bond acceptors (Lipinski definition) is 6. The number of fused-ring (bicyclic) bond motifs is 1. The zero-order valence-electron chi connectivity index (χ0n) is 11.0. The molecule has 3 rings (SSSR count). The second-order valence-corrected chi connectivity index (χ2v) is 5.51. The number of Topliss-reactive ketones (excluding diaryl/α,β-unsaturated/α-hetero) is 1. The molecule has 2 aromatic rings. The Hall–Kier alpha value is -2.21. The van der Waals surface area contributed by atoms with Crippen LogP contribution in [0.15, 0.2) is 24.3 Å². The highest BCUT2D eigenvalue weighted by Crippen LogP contribution is 2.33. The van der Waals surface area contributed by atoms with E-state index in [1.54, 1.807) is 19.1 Å². The number of aromatic nitrogens is 1. The summed E-state index contributed by atoms with van der Waals surface area (Å²) < 4.78 is 5.28. The van der Waals surface area contributed by atoms with E-state index < -0.39 is 6.23 Å². The first kappa shape index (κ1) is 12.8. The third-order valence-electron chi connectivity index (χ3n) is 3.06. The number of nitrogens with zero attached hydrogens (tertiary/aromatic N) is 1. The zero-order valence-corrected chi connectivity index (χ0v) is 11.8. The summed E-state index contributed by atoms with van der Waals surface area (Å²) in [6, 6.07) is 7.21. The minimum atomic E-state index is -0.552. The lowest BCUT2D eigenvalue weighted by atomic mass is 10.1. The Kier molecular flexibility index (Phi) is 3.02. The lowest BCUT2D eigenvalue weighted by molar-refractivity contribution is 0.0437. The van der Waals surface area contributed by atoms with Gasteiger partial charge in [-0.15, -0.1) is 0 Å². The summed E-state index contributed by atoms with van der Waals surface area (Å²) in [6.07, 6.45) is -0.552. The van der Waals surface area contributed by atoms with Gasteiger partial charge < -0.3 is 10.1 Å². The van der Waals surface area contributed by atoms with Gasteiger partial charge in [0.2, 0.25) is 6.23 Å². The number of thiazole rings is 1. The number of hydrogen-bond donors (Lipinski definition) is 1. The smallest absolute Gasteiger partial charge is 0.340 e. The highest BCUT2D eigenvalue weighted by atomic mass is 32.1. The highest BCUT2D eigenvalue weighted by molar-refractivity contribution is 7.17. The monoisotopic (exact) mass is 288 g/mol. The Morgan fingerprint density at radius 2 is 2.15 bits per heavy atom. The van der Waals surface area contributed by atoms with Gasteiger partial charge in [-0.3, -0.25) is 4.79 Å². The predicted octanol–water partition coefficient (Wildman–Crippen LogP) is 2.94. The van der Waals surface area contributed by atoms with Crippen molar-refractivity contribution in [3.8, 4) is 0 Å². The SMILES string of the molecule is CC(=O)c1sc(NC2OC(=O)c3ccccc32)nc1C. The average molecular weight is 288 g/mol. The number of cyclic esters (lactones) is 1. The van der Waals surface area contributed by atoms with E-state index in [4.69, 9.17) is 4.74 Å². The molecule has 0 saturated heterocycles.